The SMILES string of the molecule is CCC1=NN(O)c2cc(OCCNC(=O)O)ccc2N1O. The monoisotopic (exact) mass is 296 g/mol. The van der Waals surface area contributed by atoms with Crippen LogP contribution in [0.2, 0.25) is 0 Å². The number of hydroxylamine groups is 1. The van der Waals surface area contributed by atoms with Gasteiger partial charge < -0.3 is 15.2 Å². The Kier molecular flexibility index (Phi) is 4.45. The lowest BCUT2D eigenvalue weighted by atomic mass is 10.2. The molecule has 21 heavy (non-hydrogen) atoms. The zero-order valence-corrected chi connectivity index (χ0v) is 11.4. The number of amides is 1. The van der Waals surface area contributed by atoms with Gasteiger partial charge in [0.1, 0.15) is 18.0 Å². The van der Waals surface area contributed by atoms with Crippen LogP contribution in [0.5, 0.6) is 5.75 Å². The largest absolute Gasteiger partial charge is 0.492 e. The van der Waals surface area contributed by atoms with Crippen molar-refractivity contribution in [2.45, 2.75) is 13.3 Å². The number of carboxylic acid groups (broad SMARTS) is 1. The van der Waals surface area contributed by atoms with Crippen molar-refractivity contribution >= 4 is 23.3 Å². The van der Waals surface area contributed by atoms with Gasteiger partial charge in [0.2, 0.25) is 0 Å². The summed E-state index contributed by atoms with van der Waals surface area (Å²) in [4.78, 5) is 10.3. The summed E-state index contributed by atoms with van der Waals surface area (Å²) in [7, 11) is 0. The maximum Gasteiger partial charge on any atom is 0.404 e. The fourth-order valence-electron chi connectivity index (χ4n) is 1.82. The van der Waals surface area contributed by atoms with E-state index >= 15 is 0 Å². The molecule has 4 N–H and O–H groups in total. The lowest BCUT2D eigenvalue weighted by Gasteiger charge is -2.28. The van der Waals surface area contributed by atoms with Crippen molar-refractivity contribution in [3.8, 4) is 5.75 Å². The summed E-state index contributed by atoms with van der Waals surface area (Å²) < 4.78 is 5.35. The average Bonchev–Trinajstić information content (AvgIpc) is 2.47. The number of benzene rings is 1. The van der Waals surface area contributed by atoms with E-state index in [1.54, 1.807) is 19.1 Å². The van der Waals surface area contributed by atoms with Crippen molar-refractivity contribution in [2.24, 2.45) is 5.10 Å². The fourth-order valence-corrected chi connectivity index (χ4v) is 1.82. The Morgan fingerprint density at radius 2 is 2.14 bits per heavy atom. The molecule has 0 unspecified atom stereocenters. The second-order valence-electron chi connectivity index (χ2n) is 4.20. The highest BCUT2D eigenvalue weighted by Gasteiger charge is 2.24. The smallest absolute Gasteiger partial charge is 0.404 e. The lowest BCUT2D eigenvalue weighted by Crippen LogP contribution is -2.34. The Balaban J connectivity index is 2.07. The van der Waals surface area contributed by atoms with Crippen LogP contribution in [0.25, 0.3) is 0 Å². The van der Waals surface area contributed by atoms with E-state index in [0.29, 0.717) is 28.9 Å². The van der Waals surface area contributed by atoms with Crippen molar-refractivity contribution in [2.75, 3.05) is 23.4 Å². The zero-order chi connectivity index (χ0) is 15.4. The van der Waals surface area contributed by atoms with Crippen molar-refractivity contribution in [3.63, 3.8) is 0 Å². The van der Waals surface area contributed by atoms with Gasteiger partial charge in [0, 0.05) is 12.5 Å². The Morgan fingerprint density at radius 1 is 1.38 bits per heavy atom. The van der Waals surface area contributed by atoms with Gasteiger partial charge in [-0.2, -0.15) is 0 Å². The Morgan fingerprint density at radius 3 is 2.81 bits per heavy atom. The molecule has 0 spiro atoms. The highest BCUT2D eigenvalue weighted by atomic mass is 16.5. The quantitative estimate of drug-likeness (QED) is 0.607. The normalized spacial score (nSPS) is 13.6. The molecule has 0 saturated heterocycles. The van der Waals surface area contributed by atoms with E-state index in [-0.39, 0.29) is 18.8 Å². The molecule has 0 fully saturated rings. The number of hydrogen-bond donors (Lipinski definition) is 4. The summed E-state index contributed by atoms with van der Waals surface area (Å²) in [5.41, 5.74) is 0.638. The van der Waals surface area contributed by atoms with Crippen LogP contribution in [0.15, 0.2) is 23.3 Å². The Hall–Kier alpha value is -2.52. The first-order valence-electron chi connectivity index (χ1n) is 6.32. The summed E-state index contributed by atoms with van der Waals surface area (Å²) in [6.45, 7) is 2.08. The van der Waals surface area contributed by atoms with Gasteiger partial charge in [-0.1, -0.05) is 6.92 Å². The van der Waals surface area contributed by atoms with E-state index < -0.39 is 6.09 Å². The number of ether oxygens (including phenoxy) is 1. The Labute approximate surface area is 120 Å². The molecule has 0 radical (unpaired) electrons. The van der Waals surface area contributed by atoms with E-state index in [9.17, 15) is 15.2 Å². The molecule has 0 atom stereocenters. The van der Waals surface area contributed by atoms with Crippen molar-refractivity contribution in [1.29, 1.82) is 0 Å². The third-order valence-corrected chi connectivity index (χ3v) is 2.81. The van der Waals surface area contributed by atoms with Gasteiger partial charge in [0.15, 0.2) is 5.84 Å². The number of carbonyl (C=O) groups is 1. The fraction of sp³-hybridized carbons (Fsp3) is 0.333. The standard InChI is InChI=1S/C12H16N4O5/c1-2-11-14-16(20)10-7-8(3-4-9(10)15(11)19)21-6-5-13-12(17)18/h3-4,7,13,19-20H,2,5-6H2,1H3,(H,17,18). The molecule has 1 heterocycles. The van der Waals surface area contributed by atoms with Crippen molar-refractivity contribution in [3.05, 3.63) is 18.2 Å². The number of nitrogens with one attached hydrogen (secondary N) is 1. The molecule has 1 aliphatic rings. The summed E-state index contributed by atoms with van der Waals surface area (Å²) in [5.74, 6) is 0.730. The van der Waals surface area contributed by atoms with Crippen LogP contribution in [-0.4, -0.2) is 40.6 Å². The van der Waals surface area contributed by atoms with Crippen molar-refractivity contribution in [1.82, 2.24) is 5.32 Å². The minimum atomic E-state index is -1.12. The maximum absolute atomic E-state index is 10.3. The molecule has 2 rings (SSSR count). The number of rotatable bonds is 5. The highest BCUT2D eigenvalue weighted by Crippen LogP contribution is 2.35. The molecule has 0 saturated carbocycles. The first-order chi connectivity index (χ1) is 10.0. The Bertz CT molecular complexity index is 563. The van der Waals surface area contributed by atoms with Gasteiger partial charge in [0.05, 0.1) is 12.2 Å². The van der Waals surface area contributed by atoms with E-state index in [0.717, 1.165) is 5.06 Å². The average molecular weight is 296 g/mol. The van der Waals surface area contributed by atoms with Gasteiger partial charge in [0.25, 0.3) is 0 Å². The predicted octanol–water partition coefficient (Wildman–Crippen LogP) is 1.46. The number of fused-ring (bicyclic) bond motifs is 1. The molecular formula is C12H16N4O5. The number of anilines is 2. The second kappa shape index (κ2) is 6.29. The molecule has 1 amide bonds. The molecular weight excluding hydrogens is 280 g/mol. The first kappa shape index (κ1) is 14.9. The van der Waals surface area contributed by atoms with Crippen LogP contribution in [0, 0.1) is 0 Å². The number of hydrogen-bond acceptors (Lipinski definition) is 7. The van der Waals surface area contributed by atoms with Gasteiger partial charge in [-0.25, -0.2) is 9.86 Å². The third-order valence-electron chi connectivity index (χ3n) is 2.81. The number of hydrazone groups is 1. The van der Waals surface area contributed by atoms with Crippen LogP contribution in [-0.2, 0) is 0 Å². The zero-order valence-electron chi connectivity index (χ0n) is 11.4. The molecule has 9 heteroatoms. The number of amidine groups is 1. The summed E-state index contributed by atoms with van der Waals surface area (Å²) in [6, 6.07) is 4.67. The molecule has 1 aromatic carbocycles. The van der Waals surface area contributed by atoms with Gasteiger partial charge >= 0.3 is 6.09 Å². The van der Waals surface area contributed by atoms with Crippen LogP contribution >= 0.6 is 0 Å². The van der Waals surface area contributed by atoms with Crippen LogP contribution in [0.4, 0.5) is 16.2 Å². The maximum atomic E-state index is 10.3. The molecule has 0 aliphatic carbocycles. The van der Waals surface area contributed by atoms with E-state index in [2.05, 4.69) is 10.4 Å². The third kappa shape index (κ3) is 3.33. The molecule has 1 aromatic rings. The topological polar surface area (TPSA) is 118 Å². The van der Waals surface area contributed by atoms with Gasteiger partial charge in [-0.15, -0.1) is 10.3 Å². The van der Waals surface area contributed by atoms with Crippen LogP contribution in [0.1, 0.15) is 13.3 Å². The summed E-state index contributed by atoms with van der Waals surface area (Å²) in [5, 5.41) is 35.8. The van der Waals surface area contributed by atoms with E-state index in [1.165, 1.54) is 6.07 Å². The number of nitrogens with zero attached hydrogens (tertiary/aromatic N) is 3. The molecule has 0 aromatic heterocycles. The van der Waals surface area contributed by atoms with E-state index in [1.807, 2.05) is 0 Å². The minimum absolute atomic E-state index is 0.138. The lowest BCUT2D eigenvalue weighted by molar-refractivity contribution is 0.191. The van der Waals surface area contributed by atoms with Gasteiger partial charge in [-0.05, 0) is 12.1 Å². The first-order valence-corrected chi connectivity index (χ1v) is 6.32. The van der Waals surface area contributed by atoms with Crippen LogP contribution < -0.4 is 20.3 Å². The minimum Gasteiger partial charge on any atom is -0.492 e. The molecule has 114 valence electrons. The summed E-state index contributed by atoms with van der Waals surface area (Å²) >= 11 is 0. The summed E-state index contributed by atoms with van der Waals surface area (Å²) in [6.07, 6.45) is -0.672. The predicted molar refractivity (Wildman–Crippen MR) is 74.2 cm³/mol. The second-order valence-corrected chi connectivity index (χ2v) is 4.20. The molecule has 1 aliphatic heterocycles. The van der Waals surface area contributed by atoms with Crippen LogP contribution in [0.3, 0.4) is 0 Å². The van der Waals surface area contributed by atoms with Crippen molar-refractivity contribution < 1.29 is 25.1 Å². The van der Waals surface area contributed by atoms with Gasteiger partial charge in [-0.3, -0.25) is 10.4 Å². The highest BCUT2D eigenvalue weighted by molar-refractivity contribution is 6.01. The molecule has 9 nitrogen and oxygen atoms in total. The molecule has 0 bridgehead atoms. The van der Waals surface area contributed by atoms with E-state index in [4.69, 9.17) is 9.84 Å².